The van der Waals surface area contributed by atoms with Crippen LogP contribution < -0.4 is 0 Å². The van der Waals surface area contributed by atoms with E-state index in [1.54, 1.807) is 6.08 Å². The van der Waals surface area contributed by atoms with Gasteiger partial charge in [-0.05, 0) is 43.4 Å². The molecule has 0 heterocycles. The molecule has 2 nitrogen and oxygen atoms in total. The molecule has 0 aromatic heterocycles. The highest BCUT2D eigenvalue weighted by atomic mass is 79.9. The van der Waals surface area contributed by atoms with Crippen molar-refractivity contribution < 1.29 is 4.79 Å². The Morgan fingerprint density at radius 3 is 2.73 bits per heavy atom. The third-order valence-corrected chi connectivity index (χ3v) is 4.07. The summed E-state index contributed by atoms with van der Waals surface area (Å²) in [6, 6.07) is 6.06. The van der Waals surface area contributed by atoms with Crippen LogP contribution in [0, 0.1) is 6.92 Å². The molecule has 15 heavy (non-hydrogen) atoms. The Morgan fingerprint density at radius 2 is 2.20 bits per heavy atom. The topological polar surface area (TPSA) is 29.4 Å². The molecule has 1 aromatic rings. The Hall–Kier alpha value is -0.920. The molecular formula is C12H12BrNO. The van der Waals surface area contributed by atoms with Gasteiger partial charge in [0.1, 0.15) is 0 Å². The van der Waals surface area contributed by atoms with Crippen molar-refractivity contribution in [2.45, 2.75) is 31.7 Å². The monoisotopic (exact) mass is 265 g/mol. The predicted octanol–water partition coefficient (Wildman–Crippen LogP) is 3.47. The average Bonchev–Trinajstić information content (AvgIpc) is 2.17. The third kappa shape index (κ3) is 1.66. The van der Waals surface area contributed by atoms with E-state index in [-0.39, 0.29) is 5.54 Å². The number of carbonyl (C=O) groups excluding carboxylic acids is 1. The molecule has 1 fully saturated rings. The van der Waals surface area contributed by atoms with Crippen LogP contribution >= 0.6 is 15.9 Å². The van der Waals surface area contributed by atoms with Crippen molar-refractivity contribution in [2.24, 2.45) is 4.99 Å². The zero-order chi connectivity index (χ0) is 10.9. The normalized spacial score (nSPS) is 17.7. The second kappa shape index (κ2) is 3.92. The maximum absolute atomic E-state index is 10.5. The van der Waals surface area contributed by atoms with Gasteiger partial charge in [0.05, 0.1) is 5.54 Å². The van der Waals surface area contributed by atoms with E-state index in [0.717, 1.165) is 29.3 Å². The van der Waals surface area contributed by atoms with Crippen LogP contribution in [0.5, 0.6) is 0 Å². The number of rotatable bonds is 2. The first kappa shape index (κ1) is 10.6. The standard InChI is InChI=1S/C12H12BrNO/c1-9-10(4-2-5-11(9)13)12(14-8-15)6-3-7-12/h2,4-5H,3,6-7H2,1H3. The molecule has 1 aliphatic carbocycles. The Balaban J connectivity index is 2.52. The lowest BCUT2D eigenvalue weighted by Crippen LogP contribution is -2.32. The summed E-state index contributed by atoms with van der Waals surface area (Å²) >= 11 is 3.50. The minimum absolute atomic E-state index is 0.282. The Bertz CT molecular complexity index is 431. The summed E-state index contributed by atoms with van der Waals surface area (Å²) in [4.78, 5) is 14.5. The van der Waals surface area contributed by atoms with Gasteiger partial charge in [0.25, 0.3) is 0 Å². The maximum atomic E-state index is 10.5. The summed E-state index contributed by atoms with van der Waals surface area (Å²) in [7, 11) is 0. The first-order valence-corrected chi connectivity index (χ1v) is 5.83. The third-order valence-electron chi connectivity index (χ3n) is 3.21. The van der Waals surface area contributed by atoms with Crippen LogP contribution in [0.15, 0.2) is 27.7 Å². The largest absolute Gasteiger partial charge is 0.235 e. The molecule has 0 bridgehead atoms. The highest BCUT2D eigenvalue weighted by Gasteiger charge is 2.39. The molecule has 0 spiro atoms. The molecule has 1 saturated carbocycles. The summed E-state index contributed by atoms with van der Waals surface area (Å²) in [5.41, 5.74) is 2.05. The molecule has 0 unspecified atom stereocenters. The Kier molecular flexibility index (Phi) is 2.76. The van der Waals surface area contributed by atoms with E-state index >= 15 is 0 Å². The second-order valence-electron chi connectivity index (χ2n) is 4.00. The van der Waals surface area contributed by atoms with E-state index < -0.39 is 0 Å². The molecular weight excluding hydrogens is 254 g/mol. The zero-order valence-corrected chi connectivity index (χ0v) is 10.2. The molecule has 0 amide bonds. The molecule has 1 aromatic carbocycles. The van der Waals surface area contributed by atoms with Crippen LogP contribution in [-0.2, 0) is 10.3 Å². The molecule has 78 valence electrons. The number of halogens is 1. The molecule has 2 rings (SSSR count). The molecule has 0 atom stereocenters. The van der Waals surface area contributed by atoms with Crippen LogP contribution in [0.25, 0.3) is 0 Å². The van der Waals surface area contributed by atoms with E-state index in [4.69, 9.17) is 0 Å². The first-order valence-electron chi connectivity index (χ1n) is 5.04. The number of aliphatic imine (C=N–C) groups is 1. The fraction of sp³-hybridized carbons (Fsp3) is 0.417. The maximum Gasteiger partial charge on any atom is 0.235 e. The number of nitrogens with zero attached hydrogens (tertiary/aromatic N) is 1. The van der Waals surface area contributed by atoms with Gasteiger partial charge in [-0.2, -0.15) is 4.99 Å². The molecule has 1 aliphatic rings. The van der Waals surface area contributed by atoms with Gasteiger partial charge in [-0.15, -0.1) is 0 Å². The lowest BCUT2D eigenvalue weighted by Gasteiger charge is -2.38. The van der Waals surface area contributed by atoms with Crippen LogP contribution in [0.3, 0.4) is 0 Å². The first-order chi connectivity index (χ1) is 7.19. The summed E-state index contributed by atoms with van der Waals surface area (Å²) < 4.78 is 1.08. The number of benzene rings is 1. The quantitative estimate of drug-likeness (QED) is 0.595. The second-order valence-corrected chi connectivity index (χ2v) is 4.85. The Labute approximate surface area is 97.5 Å². The summed E-state index contributed by atoms with van der Waals surface area (Å²) in [6.45, 7) is 2.06. The lowest BCUT2D eigenvalue weighted by molar-refractivity contribution is 0.254. The predicted molar refractivity (Wildman–Crippen MR) is 62.5 cm³/mol. The Morgan fingerprint density at radius 1 is 1.47 bits per heavy atom. The van der Waals surface area contributed by atoms with Crippen molar-refractivity contribution in [3.05, 3.63) is 33.8 Å². The van der Waals surface area contributed by atoms with Crippen molar-refractivity contribution >= 4 is 22.0 Å². The molecule has 0 N–H and O–H groups in total. The molecule has 0 aliphatic heterocycles. The van der Waals surface area contributed by atoms with Crippen molar-refractivity contribution in [1.29, 1.82) is 0 Å². The van der Waals surface area contributed by atoms with E-state index in [1.165, 1.54) is 5.56 Å². The van der Waals surface area contributed by atoms with Gasteiger partial charge in [0, 0.05) is 4.47 Å². The minimum Gasteiger partial charge on any atom is -0.211 e. The number of hydrogen-bond donors (Lipinski definition) is 0. The van der Waals surface area contributed by atoms with E-state index in [2.05, 4.69) is 33.9 Å². The van der Waals surface area contributed by atoms with Gasteiger partial charge < -0.3 is 0 Å². The van der Waals surface area contributed by atoms with Crippen molar-refractivity contribution in [1.82, 2.24) is 0 Å². The van der Waals surface area contributed by atoms with Crippen molar-refractivity contribution in [3.63, 3.8) is 0 Å². The average molecular weight is 266 g/mol. The summed E-state index contributed by atoms with van der Waals surface area (Å²) in [5, 5.41) is 0. The van der Waals surface area contributed by atoms with Crippen LogP contribution in [0.1, 0.15) is 30.4 Å². The van der Waals surface area contributed by atoms with Gasteiger partial charge in [-0.25, -0.2) is 4.79 Å². The van der Waals surface area contributed by atoms with E-state index in [1.807, 2.05) is 12.1 Å². The van der Waals surface area contributed by atoms with Gasteiger partial charge in [0.15, 0.2) is 0 Å². The summed E-state index contributed by atoms with van der Waals surface area (Å²) in [6.07, 6.45) is 4.77. The SMILES string of the molecule is Cc1c(Br)cccc1C1(N=C=O)CCC1. The zero-order valence-electron chi connectivity index (χ0n) is 8.59. The van der Waals surface area contributed by atoms with Crippen molar-refractivity contribution in [2.75, 3.05) is 0 Å². The highest BCUT2D eigenvalue weighted by Crippen LogP contribution is 2.46. The molecule has 3 heteroatoms. The van der Waals surface area contributed by atoms with Gasteiger partial charge >= 0.3 is 0 Å². The fourth-order valence-corrected chi connectivity index (χ4v) is 2.52. The van der Waals surface area contributed by atoms with Gasteiger partial charge in [-0.1, -0.05) is 28.1 Å². The molecule has 0 radical (unpaired) electrons. The number of isocyanates is 1. The van der Waals surface area contributed by atoms with Crippen molar-refractivity contribution in [3.8, 4) is 0 Å². The lowest BCUT2D eigenvalue weighted by atomic mass is 9.71. The highest BCUT2D eigenvalue weighted by molar-refractivity contribution is 9.10. The van der Waals surface area contributed by atoms with Crippen LogP contribution in [-0.4, -0.2) is 6.08 Å². The van der Waals surface area contributed by atoms with Crippen LogP contribution in [0.2, 0.25) is 0 Å². The van der Waals surface area contributed by atoms with E-state index in [9.17, 15) is 4.79 Å². The smallest absolute Gasteiger partial charge is 0.211 e. The summed E-state index contributed by atoms with van der Waals surface area (Å²) in [5.74, 6) is 0. The van der Waals surface area contributed by atoms with E-state index in [0.29, 0.717) is 0 Å². The molecule has 0 saturated heterocycles. The number of hydrogen-bond acceptors (Lipinski definition) is 2. The van der Waals surface area contributed by atoms with Gasteiger partial charge in [-0.3, -0.25) is 0 Å². The van der Waals surface area contributed by atoms with Gasteiger partial charge in [0.2, 0.25) is 6.08 Å². The van der Waals surface area contributed by atoms with Crippen LogP contribution in [0.4, 0.5) is 0 Å². The fourth-order valence-electron chi connectivity index (χ4n) is 2.15. The minimum atomic E-state index is -0.282.